The molecule has 132 valence electrons. The number of carboxylic acid groups (broad SMARTS) is 1. The van der Waals surface area contributed by atoms with Crippen molar-refractivity contribution in [1.29, 1.82) is 0 Å². The monoisotopic (exact) mass is 423 g/mol. The van der Waals surface area contributed by atoms with Gasteiger partial charge in [0.1, 0.15) is 0 Å². The van der Waals surface area contributed by atoms with E-state index in [1.54, 1.807) is 24.3 Å². The molecule has 25 heavy (non-hydrogen) atoms. The lowest BCUT2D eigenvalue weighted by molar-refractivity contribution is -0.136. The molecule has 7 heteroatoms. The van der Waals surface area contributed by atoms with Crippen molar-refractivity contribution >= 4 is 31.9 Å². The minimum absolute atomic E-state index is 0.00808. The van der Waals surface area contributed by atoms with Crippen LogP contribution in [0.15, 0.2) is 51.8 Å². The smallest absolute Gasteiger partial charge is 0.307 e. The van der Waals surface area contributed by atoms with Gasteiger partial charge in [-0.1, -0.05) is 34.1 Å². The van der Waals surface area contributed by atoms with E-state index in [1.165, 1.54) is 5.56 Å². The number of carbonyl (C=O) groups is 1. The lowest BCUT2D eigenvalue weighted by atomic mass is 10.0. The van der Waals surface area contributed by atoms with E-state index in [9.17, 15) is 13.2 Å². The standard InChI is InChI=1S/C18H18BrNO4S/c19-16-3-5-17(6-4-16)25(23,24)20-11-13-8-14-2-1-12(10-18(21)22)7-15(14)9-13/h1-7,13,20H,8-11H2,(H,21,22). The summed E-state index contributed by atoms with van der Waals surface area (Å²) < 4.78 is 28.2. The summed E-state index contributed by atoms with van der Waals surface area (Å²) in [6, 6.07) is 12.2. The van der Waals surface area contributed by atoms with E-state index in [0.717, 1.165) is 28.4 Å². The van der Waals surface area contributed by atoms with E-state index in [1.807, 2.05) is 18.2 Å². The van der Waals surface area contributed by atoms with E-state index in [2.05, 4.69) is 20.7 Å². The Balaban J connectivity index is 1.63. The van der Waals surface area contributed by atoms with Gasteiger partial charge >= 0.3 is 5.97 Å². The summed E-state index contributed by atoms with van der Waals surface area (Å²) in [6.07, 6.45) is 1.56. The zero-order valence-corrected chi connectivity index (χ0v) is 15.8. The largest absolute Gasteiger partial charge is 0.481 e. The molecule has 2 aromatic rings. The number of benzene rings is 2. The Bertz CT molecular complexity index is 894. The van der Waals surface area contributed by atoms with Crippen LogP contribution >= 0.6 is 15.9 Å². The highest BCUT2D eigenvalue weighted by Gasteiger charge is 2.24. The van der Waals surface area contributed by atoms with E-state index in [0.29, 0.717) is 6.54 Å². The summed E-state index contributed by atoms with van der Waals surface area (Å²) in [6.45, 7) is 0.362. The zero-order valence-electron chi connectivity index (χ0n) is 13.4. The van der Waals surface area contributed by atoms with Gasteiger partial charge in [0.05, 0.1) is 11.3 Å². The number of fused-ring (bicyclic) bond motifs is 1. The average molecular weight is 424 g/mol. The van der Waals surface area contributed by atoms with Crippen molar-refractivity contribution in [2.45, 2.75) is 24.2 Å². The predicted octanol–water partition coefficient (Wildman–Crippen LogP) is 2.77. The Morgan fingerprint density at radius 3 is 2.48 bits per heavy atom. The fourth-order valence-corrected chi connectivity index (χ4v) is 4.50. The van der Waals surface area contributed by atoms with Gasteiger partial charge in [0.2, 0.25) is 10.0 Å². The highest BCUT2D eigenvalue weighted by molar-refractivity contribution is 9.10. The molecular formula is C18H18BrNO4S. The van der Waals surface area contributed by atoms with Crippen molar-refractivity contribution in [3.8, 4) is 0 Å². The molecule has 1 unspecified atom stereocenters. The second-order valence-electron chi connectivity index (χ2n) is 6.25. The van der Waals surface area contributed by atoms with E-state index >= 15 is 0 Å². The molecule has 0 heterocycles. The molecule has 2 aromatic carbocycles. The summed E-state index contributed by atoms with van der Waals surface area (Å²) in [4.78, 5) is 11.1. The number of sulfonamides is 1. The minimum atomic E-state index is -3.52. The van der Waals surface area contributed by atoms with Crippen LogP contribution in [0.25, 0.3) is 0 Å². The van der Waals surface area contributed by atoms with Crippen molar-refractivity contribution in [2.75, 3.05) is 6.54 Å². The first-order valence-corrected chi connectivity index (χ1v) is 10.2. The second-order valence-corrected chi connectivity index (χ2v) is 8.94. The van der Waals surface area contributed by atoms with Crippen LogP contribution in [-0.4, -0.2) is 26.0 Å². The highest BCUT2D eigenvalue weighted by Crippen LogP contribution is 2.28. The third-order valence-electron chi connectivity index (χ3n) is 4.33. The maximum absolute atomic E-state index is 12.4. The number of aliphatic carboxylic acids is 1. The minimum Gasteiger partial charge on any atom is -0.481 e. The third kappa shape index (κ3) is 4.48. The maximum Gasteiger partial charge on any atom is 0.307 e. The molecule has 0 saturated heterocycles. The molecule has 5 nitrogen and oxygen atoms in total. The average Bonchev–Trinajstić information content (AvgIpc) is 2.95. The number of nitrogens with one attached hydrogen (secondary N) is 1. The molecule has 2 N–H and O–H groups in total. The Kier molecular flexibility index (Phi) is 5.27. The molecule has 0 saturated carbocycles. The van der Waals surface area contributed by atoms with Crippen LogP contribution in [-0.2, 0) is 34.1 Å². The molecule has 1 aliphatic rings. The summed E-state index contributed by atoms with van der Waals surface area (Å²) >= 11 is 3.29. The summed E-state index contributed by atoms with van der Waals surface area (Å²) in [5.41, 5.74) is 3.07. The Morgan fingerprint density at radius 2 is 1.80 bits per heavy atom. The van der Waals surface area contributed by atoms with Gasteiger partial charge < -0.3 is 5.11 Å². The van der Waals surface area contributed by atoms with Crippen molar-refractivity contribution in [3.63, 3.8) is 0 Å². The first kappa shape index (κ1) is 18.1. The second kappa shape index (κ2) is 7.27. The molecule has 0 amide bonds. The normalized spacial score (nSPS) is 16.6. The fourth-order valence-electron chi connectivity index (χ4n) is 3.12. The lowest BCUT2D eigenvalue weighted by Gasteiger charge is -2.11. The first-order chi connectivity index (χ1) is 11.8. The van der Waals surface area contributed by atoms with Gasteiger partial charge in [-0.2, -0.15) is 0 Å². The third-order valence-corrected chi connectivity index (χ3v) is 6.30. The summed E-state index contributed by atoms with van der Waals surface area (Å²) in [5.74, 6) is -0.669. The van der Waals surface area contributed by atoms with Gasteiger partial charge in [-0.05, 0) is 59.7 Å². The number of hydrogen-bond acceptors (Lipinski definition) is 3. The molecular weight excluding hydrogens is 406 g/mol. The SMILES string of the molecule is O=C(O)Cc1ccc2c(c1)CC(CNS(=O)(=O)c1ccc(Br)cc1)C2. The lowest BCUT2D eigenvalue weighted by Crippen LogP contribution is -2.29. The van der Waals surface area contributed by atoms with Crippen molar-refractivity contribution < 1.29 is 18.3 Å². The predicted molar refractivity (Wildman–Crippen MR) is 98.0 cm³/mol. The van der Waals surface area contributed by atoms with Crippen molar-refractivity contribution in [3.05, 3.63) is 63.6 Å². The maximum atomic E-state index is 12.4. The fraction of sp³-hybridized carbons (Fsp3) is 0.278. The van der Waals surface area contributed by atoms with Gasteiger partial charge in [-0.15, -0.1) is 0 Å². The van der Waals surface area contributed by atoms with Gasteiger partial charge in [-0.25, -0.2) is 13.1 Å². The van der Waals surface area contributed by atoms with Crippen LogP contribution in [0.1, 0.15) is 16.7 Å². The molecule has 0 aliphatic heterocycles. The Morgan fingerprint density at radius 1 is 1.12 bits per heavy atom. The first-order valence-electron chi connectivity index (χ1n) is 7.91. The van der Waals surface area contributed by atoms with E-state index in [4.69, 9.17) is 5.11 Å². The Labute approximate surface area is 155 Å². The molecule has 0 aromatic heterocycles. The van der Waals surface area contributed by atoms with Crippen LogP contribution < -0.4 is 4.72 Å². The van der Waals surface area contributed by atoms with Crippen LogP contribution in [0, 0.1) is 5.92 Å². The molecule has 0 spiro atoms. The van der Waals surface area contributed by atoms with Crippen molar-refractivity contribution in [2.24, 2.45) is 5.92 Å². The van der Waals surface area contributed by atoms with E-state index in [-0.39, 0.29) is 17.2 Å². The number of rotatable bonds is 6. The van der Waals surface area contributed by atoms with Crippen molar-refractivity contribution in [1.82, 2.24) is 4.72 Å². The van der Waals surface area contributed by atoms with Gasteiger partial charge in [0, 0.05) is 11.0 Å². The van der Waals surface area contributed by atoms with Gasteiger partial charge in [0.25, 0.3) is 0 Å². The van der Waals surface area contributed by atoms with Gasteiger partial charge in [0.15, 0.2) is 0 Å². The molecule has 0 fully saturated rings. The molecule has 1 aliphatic carbocycles. The summed E-state index contributed by atoms with van der Waals surface area (Å²) in [7, 11) is -3.52. The number of halogens is 1. The Hall–Kier alpha value is -1.70. The summed E-state index contributed by atoms with van der Waals surface area (Å²) in [5, 5.41) is 8.89. The van der Waals surface area contributed by atoms with Crippen LogP contribution in [0.2, 0.25) is 0 Å². The number of hydrogen-bond donors (Lipinski definition) is 2. The molecule has 3 rings (SSSR count). The highest BCUT2D eigenvalue weighted by atomic mass is 79.9. The van der Waals surface area contributed by atoms with Gasteiger partial charge in [-0.3, -0.25) is 4.79 Å². The number of carboxylic acids is 1. The van der Waals surface area contributed by atoms with Crippen LogP contribution in [0.4, 0.5) is 0 Å². The molecule has 1 atom stereocenters. The zero-order chi connectivity index (χ0) is 18.0. The van der Waals surface area contributed by atoms with Crippen LogP contribution in [0.3, 0.4) is 0 Å². The quantitative estimate of drug-likeness (QED) is 0.747. The topological polar surface area (TPSA) is 83.5 Å². The molecule has 0 bridgehead atoms. The van der Waals surface area contributed by atoms with E-state index < -0.39 is 16.0 Å². The van der Waals surface area contributed by atoms with Crippen LogP contribution in [0.5, 0.6) is 0 Å². The molecule has 0 radical (unpaired) electrons.